The molecule has 1 saturated heterocycles. The Morgan fingerprint density at radius 2 is 2.00 bits per heavy atom. The Balaban J connectivity index is 1.25. The lowest BCUT2D eigenvalue weighted by molar-refractivity contribution is -0.137. The summed E-state index contributed by atoms with van der Waals surface area (Å²) in [6.07, 6.45) is 0.976. The van der Waals surface area contributed by atoms with Gasteiger partial charge in [-0.1, -0.05) is 11.6 Å². The van der Waals surface area contributed by atoms with E-state index in [4.69, 9.17) is 21.1 Å². The first-order valence-electron chi connectivity index (χ1n) is 9.61. The molecule has 0 aliphatic carbocycles. The maximum Gasteiger partial charge on any atom is 0.417 e. The molecule has 0 bridgehead atoms. The van der Waals surface area contributed by atoms with E-state index in [0.29, 0.717) is 34.1 Å². The molecule has 1 aromatic carbocycles. The number of hydrogen-bond acceptors (Lipinski definition) is 5. The van der Waals surface area contributed by atoms with Crippen molar-refractivity contribution in [1.82, 2.24) is 19.5 Å². The van der Waals surface area contributed by atoms with Gasteiger partial charge in [-0.05, 0) is 37.1 Å². The van der Waals surface area contributed by atoms with Crippen LogP contribution < -0.4 is 4.74 Å². The molecule has 10 heteroatoms. The number of fused-ring (bicyclic) bond motifs is 2. The van der Waals surface area contributed by atoms with Crippen LogP contribution >= 0.6 is 11.6 Å². The maximum atomic E-state index is 12.8. The minimum atomic E-state index is -4.42. The first-order chi connectivity index (χ1) is 14.9. The smallest absolute Gasteiger partial charge is 0.417 e. The van der Waals surface area contributed by atoms with Gasteiger partial charge in [0, 0.05) is 23.8 Å². The van der Waals surface area contributed by atoms with E-state index in [9.17, 15) is 13.2 Å². The molecule has 0 spiro atoms. The number of aromatic nitrogens is 4. The molecule has 3 aromatic heterocycles. The molecule has 1 fully saturated rings. The predicted molar refractivity (Wildman–Crippen MR) is 108 cm³/mol. The average molecular weight is 449 g/mol. The van der Waals surface area contributed by atoms with Crippen molar-refractivity contribution in [2.75, 3.05) is 6.61 Å². The standard InChI is InChI=1S/C21H16ClF3N4O2/c22-19-16-5-6-29(20(16)28-11-27-19)18-4-3-15(31-18)10-30-14-2-1-12-7-13(21(23,24)25)9-26-17(12)8-14/h1-2,5-9,11,15,18H,3-4,10H2/t15-,18+/m0/s1. The van der Waals surface area contributed by atoms with Crippen LogP contribution in [0, 0.1) is 0 Å². The summed E-state index contributed by atoms with van der Waals surface area (Å²) in [6.45, 7) is 0.317. The topological polar surface area (TPSA) is 62.1 Å². The Kier molecular flexibility index (Phi) is 4.94. The van der Waals surface area contributed by atoms with Gasteiger partial charge in [0.15, 0.2) is 0 Å². The molecule has 0 unspecified atom stereocenters. The Hall–Kier alpha value is -2.91. The van der Waals surface area contributed by atoms with Crippen LogP contribution in [0.5, 0.6) is 5.75 Å². The highest BCUT2D eigenvalue weighted by molar-refractivity contribution is 6.33. The van der Waals surface area contributed by atoms with E-state index in [1.165, 1.54) is 6.33 Å². The van der Waals surface area contributed by atoms with Crippen molar-refractivity contribution in [3.63, 3.8) is 0 Å². The number of pyridine rings is 1. The lowest BCUT2D eigenvalue weighted by atomic mass is 10.1. The van der Waals surface area contributed by atoms with Gasteiger partial charge < -0.3 is 14.0 Å². The van der Waals surface area contributed by atoms with Crippen LogP contribution in [0.25, 0.3) is 21.9 Å². The zero-order valence-corrected chi connectivity index (χ0v) is 16.8. The molecule has 0 saturated carbocycles. The van der Waals surface area contributed by atoms with Crippen LogP contribution in [0.4, 0.5) is 13.2 Å². The van der Waals surface area contributed by atoms with Crippen molar-refractivity contribution in [2.24, 2.45) is 0 Å². The fourth-order valence-corrected chi connectivity index (χ4v) is 3.91. The second-order valence-electron chi connectivity index (χ2n) is 7.30. The van der Waals surface area contributed by atoms with Crippen LogP contribution in [0.15, 0.2) is 49.1 Å². The van der Waals surface area contributed by atoms with Gasteiger partial charge in [-0.15, -0.1) is 0 Å². The Bertz CT molecular complexity index is 1260. The maximum absolute atomic E-state index is 12.8. The minimum Gasteiger partial charge on any atom is -0.491 e. The normalized spacial score (nSPS) is 19.4. The monoisotopic (exact) mass is 448 g/mol. The van der Waals surface area contributed by atoms with Gasteiger partial charge in [0.2, 0.25) is 0 Å². The number of benzene rings is 1. The molecule has 160 valence electrons. The quantitative estimate of drug-likeness (QED) is 0.391. The van der Waals surface area contributed by atoms with Crippen molar-refractivity contribution >= 4 is 33.5 Å². The Morgan fingerprint density at radius 3 is 2.84 bits per heavy atom. The molecule has 1 aliphatic heterocycles. The van der Waals surface area contributed by atoms with E-state index < -0.39 is 11.7 Å². The van der Waals surface area contributed by atoms with E-state index in [-0.39, 0.29) is 12.3 Å². The number of alkyl halides is 3. The molecule has 31 heavy (non-hydrogen) atoms. The number of halogens is 4. The van der Waals surface area contributed by atoms with Gasteiger partial charge in [0.1, 0.15) is 35.7 Å². The van der Waals surface area contributed by atoms with Crippen LogP contribution in [-0.4, -0.2) is 32.2 Å². The van der Waals surface area contributed by atoms with Crippen LogP contribution in [0.1, 0.15) is 24.6 Å². The molecule has 1 aliphatic rings. The Morgan fingerprint density at radius 1 is 1.13 bits per heavy atom. The third-order valence-electron chi connectivity index (χ3n) is 5.27. The van der Waals surface area contributed by atoms with Gasteiger partial charge in [0.25, 0.3) is 0 Å². The molecule has 6 nitrogen and oxygen atoms in total. The summed E-state index contributed by atoms with van der Waals surface area (Å²) >= 11 is 6.11. The van der Waals surface area contributed by atoms with E-state index in [1.807, 2.05) is 16.8 Å². The summed E-state index contributed by atoms with van der Waals surface area (Å²) in [5, 5.41) is 1.57. The summed E-state index contributed by atoms with van der Waals surface area (Å²) in [5.74, 6) is 0.526. The highest BCUT2D eigenvalue weighted by atomic mass is 35.5. The number of nitrogens with zero attached hydrogens (tertiary/aromatic N) is 4. The molecule has 0 N–H and O–H groups in total. The van der Waals surface area contributed by atoms with Crippen molar-refractivity contribution < 1.29 is 22.6 Å². The van der Waals surface area contributed by atoms with E-state index >= 15 is 0 Å². The molecule has 2 atom stereocenters. The lowest BCUT2D eigenvalue weighted by Crippen LogP contribution is -2.18. The Labute approximate surface area is 179 Å². The first-order valence-corrected chi connectivity index (χ1v) is 9.98. The van der Waals surface area contributed by atoms with Gasteiger partial charge in [-0.25, -0.2) is 9.97 Å². The zero-order chi connectivity index (χ0) is 21.6. The molecule has 0 radical (unpaired) electrons. The molecule has 4 heterocycles. The predicted octanol–water partition coefficient (Wildman–Crippen LogP) is 5.41. The van der Waals surface area contributed by atoms with Gasteiger partial charge in [-0.2, -0.15) is 13.2 Å². The largest absolute Gasteiger partial charge is 0.491 e. The average Bonchev–Trinajstić information content (AvgIpc) is 3.38. The molecule has 5 rings (SSSR count). The highest BCUT2D eigenvalue weighted by Crippen LogP contribution is 2.33. The van der Waals surface area contributed by atoms with Crippen LogP contribution in [0.3, 0.4) is 0 Å². The summed E-state index contributed by atoms with van der Waals surface area (Å²) in [5.41, 5.74) is 0.375. The molecular formula is C21H16ClF3N4O2. The van der Waals surface area contributed by atoms with Gasteiger partial charge in [0.05, 0.1) is 22.6 Å². The van der Waals surface area contributed by atoms with Gasteiger partial charge in [-0.3, -0.25) is 4.98 Å². The number of rotatable bonds is 4. The summed E-state index contributed by atoms with van der Waals surface area (Å²) in [4.78, 5) is 12.2. The SMILES string of the molecule is FC(F)(F)c1cnc2cc(OC[C@@H]3CC[C@H](n4ccc5c(Cl)ncnc54)O3)ccc2c1. The van der Waals surface area contributed by atoms with Gasteiger partial charge >= 0.3 is 6.18 Å². The lowest BCUT2D eigenvalue weighted by Gasteiger charge is -2.16. The molecular weight excluding hydrogens is 433 g/mol. The minimum absolute atomic E-state index is 0.129. The van der Waals surface area contributed by atoms with E-state index in [2.05, 4.69) is 15.0 Å². The molecule has 4 aromatic rings. The number of ether oxygens (including phenoxy) is 2. The fourth-order valence-electron chi connectivity index (χ4n) is 3.72. The second kappa shape index (κ2) is 7.65. The van der Waals surface area contributed by atoms with Crippen molar-refractivity contribution in [3.05, 3.63) is 59.8 Å². The third kappa shape index (κ3) is 3.90. The summed E-state index contributed by atoms with van der Waals surface area (Å²) in [7, 11) is 0. The van der Waals surface area contributed by atoms with E-state index in [0.717, 1.165) is 30.5 Å². The van der Waals surface area contributed by atoms with Crippen molar-refractivity contribution in [2.45, 2.75) is 31.3 Å². The van der Waals surface area contributed by atoms with Crippen molar-refractivity contribution in [3.8, 4) is 5.75 Å². The van der Waals surface area contributed by atoms with Crippen LogP contribution in [-0.2, 0) is 10.9 Å². The summed E-state index contributed by atoms with van der Waals surface area (Å²) < 4.78 is 52.4. The number of hydrogen-bond donors (Lipinski definition) is 0. The fraction of sp³-hybridized carbons (Fsp3) is 0.286. The van der Waals surface area contributed by atoms with E-state index in [1.54, 1.807) is 18.2 Å². The zero-order valence-electron chi connectivity index (χ0n) is 16.0. The first kappa shape index (κ1) is 20.0. The summed E-state index contributed by atoms with van der Waals surface area (Å²) in [6, 6.07) is 7.76. The van der Waals surface area contributed by atoms with Crippen molar-refractivity contribution in [1.29, 1.82) is 0 Å². The second-order valence-corrected chi connectivity index (χ2v) is 7.66. The molecule has 0 amide bonds. The highest BCUT2D eigenvalue weighted by Gasteiger charge is 2.31. The third-order valence-corrected chi connectivity index (χ3v) is 5.58. The van der Waals surface area contributed by atoms with Crippen LogP contribution in [0.2, 0.25) is 5.15 Å².